The molecule has 2 rings (SSSR count). The van der Waals surface area contributed by atoms with Gasteiger partial charge in [-0.15, -0.1) is 0 Å². The van der Waals surface area contributed by atoms with Crippen molar-refractivity contribution in [3.8, 4) is 5.75 Å². The van der Waals surface area contributed by atoms with Crippen molar-refractivity contribution in [2.75, 3.05) is 20.7 Å². The number of aromatic nitrogens is 1. The molecule has 1 N–H and O–H groups in total. The van der Waals surface area contributed by atoms with Gasteiger partial charge in [-0.2, -0.15) is 13.2 Å². The van der Waals surface area contributed by atoms with Gasteiger partial charge in [0.1, 0.15) is 5.75 Å². The first-order valence-corrected chi connectivity index (χ1v) is 8.82. The Bertz CT molecular complexity index is 750. The fraction of sp³-hybridized carbons (Fsp3) is 0.400. The first-order valence-electron chi connectivity index (χ1n) is 8.82. The molecule has 8 heteroatoms. The standard InChI is InChI=1S/C20H24F3N3O2/c1-14(17-10-9-16(12-24-17)28-13-20(21,22)23)25-19(27)18(26(2)3)11-15-7-5-4-6-8-15/h4-10,12,14,18H,11,13H2,1-3H3,(H,25,27)/t14-,18?/m1/s1. The smallest absolute Gasteiger partial charge is 0.422 e. The van der Waals surface area contributed by atoms with Crippen molar-refractivity contribution in [2.45, 2.75) is 31.6 Å². The van der Waals surface area contributed by atoms with E-state index in [0.717, 1.165) is 5.56 Å². The zero-order valence-corrected chi connectivity index (χ0v) is 16.0. The maximum absolute atomic E-state index is 12.7. The lowest BCUT2D eigenvalue weighted by Gasteiger charge is -2.25. The molecule has 5 nitrogen and oxygen atoms in total. The summed E-state index contributed by atoms with van der Waals surface area (Å²) in [5.41, 5.74) is 1.58. The molecule has 1 amide bonds. The molecule has 1 aromatic carbocycles. The number of benzene rings is 1. The average Bonchev–Trinajstić information content (AvgIpc) is 2.64. The minimum absolute atomic E-state index is 0.0230. The third-order valence-corrected chi connectivity index (χ3v) is 4.16. The first-order chi connectivity index (χ1) is 13.2. The predicted octanol–water partition coefficient (Wildman–Crippen LogP) is 3.37. The van der Waals surface area contributed by atoms with E-state index in [-0.39, 0.29) is 17.7 Å². The zero-order valence-electron chi connectivity index (χ0n) is 16.0. The minimum atomic E-state index is -4.40. The highest BCUT2D eigenvalue weighted by Gasteiger charge is 2.28. The first kappa shape index (κ1) is 21.7. The topological polar surface area (TPSA) is 54.5 Å². The van der Waals surface area contributed by atoms with Crippen molar-refractivity contribution in [2.24, 2.45) is 0 Å². The number of rotatable bonds is 8. The maximum atomic E-state index is 12.7. The number of hydrogen-bond donors (Lipinski definition) is 1. The molecule has 28 heavy (non-hydrogen) atoms. The van der Waals surface area contributed by atoms with Crippen LogP contribution in [0.4, 0.5) is 13.2 Å². The molecule has 1 heterocycles. The number of nitrogens with one attached hydrogen (secondary N) is 1. The summed E-state index contributed by atoms with van der Waals surface area (Å²) < 4.78 is 41.2. The molecule has 152 valence electrons. The predicted molar refractivity (Wildman–Crippen MR) is 100.0 cm³/mol. The highest BCUT2D eigenvalue weighted by Crippen LogP contribution is 2.19. The van der Waals surface area contributed by atoms with Crippen LogP contribution in [0.1, 0.15) is 24.2 Å². The molecule has 0 aliphatic rings. The van der Waals surface area contributed by atoms with Crippen LogP contribution in [-0.2, 0) is 11.2 Å². The van der Waals surface area contributed by atoms with Gasteiger partial charge < -0.3 is 10.1 Å². The molecule has 0 saturated carbocycles. The van der Waals surface area contributed by atoms with Gasteiger partial charge in [-0.25, -0.2) is 0 Å². The van der Waals surface area contributed by atoms with E-state index < -0.39 is 18.8 Å². The van der Waals surface area contributed by atoms with E-state index in [1.807, 2.05) is 49.3 Å². The zero-order chi connectivity index (χ0) is 20.7. The van der Waals surface area contributed by atoms with Gasteiger partial charge >= 0.3 is 6.18 Å². The maximum Gasteiger partial charge on any atom is 0.422 e. The van der Waals surface area contributed by atoms with Crippen LogP contribution < -0.4 is 10.1 Å². The van der Waals surface area contributed by atoms with Gasteiger partial charge in [0.25, 0.3) is 0 Å². The number of halogens is 3. The Morgan fingerprint density at radius 3 is 2.39 bits per heavy atom. The number of likely N-dealkylation sites (N-methyl/N-ethyl adjacent to an activating group) is 1. The van der Waals surface area contributed by atoms with E-state index in [9.17, 15) is 18.0 Å². The summed E-state index contributed by atoms with van der Waals surface area (Å²) in [5, 5.41) is 2.91. The quantitative estimate of drug-likeness (QED) is 0.745. The van der Waals surface area contributed by atoms with Gasteiger partial charge in [0.15, 0.2) is 6.61 Å². The van der Waals surface area contributed by atoms with Crippen molar-refractivity contribution in [1.29, 1.82) is 0 Å². The lowest BCUT2D eigenvalue weighted by molar-refractivity contribution is -0.153. The molecule has 0 spiro atoms. The normalized spacial score (nSPS) is 13.8. The lowest BCUT2D eigenvalue weighted by atomic mass is 10.0. The summed E-state index contributed by atoms with van der Waals surface area (Å²) >= 11 is 0. The Kier molecular flexibility index (Phi) is 7.39. The Hall–Kier alpha value is -2.61. The minimum Gasteiger partial charge on any atom is -0.483 e. The lowest BCUT2D eigenvalue weighted by Crippen LogP contribution is -2.45. The Morgan fingerprint density at radius 2 is 1.86 bits per heavy atom. The number of alkyl halides is 3. The molecule has 0 saturated heterocycles. The summed E-state index contributed by atoms with van der Waals surface area (Å²) in [6.07, 6.45) is -2.62. The van der Waals surface area contributed by atoms with Crippen molar-refractivity contribution >= 4 is 5.91 Å². The molecule has 0 fully saturated rings. The molecular weight excluding hydrogens is 371 g/mol. The molecule has 2 aromatic rings. The van der Waals surface area contributed by atoms with Crippen molar-refractivity contribution in [1.82, 2.24) is 15.2 Å². The number of hydrogen-bond acceptors (Lipinski definition) is 4. The highest BCUT2D eigenvalue weighted by molar-refractivity contribution is 5.82. The number of carbonyl (C=O) groups is 1. The van der Waals surface area contributed by atoms with Gasteiger partial charge in [0.2, 0.25) is 5.91 Å². The Morgan fingerprint density at radius 1 is 1.18 bits per heavy atom. The molecule has 2 atom stereocenters. The van der Waals surface area contributed by atoms with Gasteiger partial charge in [0.05, 0.1) is 24.0 Å². The van der Waals surface area contributed by atoms with Crippen LogP contribution in [0.25, 0.3) is 0 Å². The van der Waals surface area contributed by atoms with Crippen LogP contribution in [0, 0.1) is 0 Å². The SMILES string of the molecule is C[C@@H](NC(=O)C(Cc1ccccc1)N(C)C)c1ccc(OCC(F)(F)F)cn1. The molecule has 0 aliphatic carbocycles. The largest absolute Gasteiger partial charge is 0.483 e. The summed E-state index contributed by atoms with van der Waals surface area (Å²) in [4.78, 5) is 18.7. The van der Waals surface area contributed by atoms with E-state index in [1.165, 1.54) is 12.3 Å². The molecular formula is C20H24F3N3O2. The number of carbonyl (C=O) groups excluding carboxylic acids is 1. The van der Waals surface area contributed by atoms with Crippen LogP contribution in [-0.4, -0.2) is 48.7 Å². The molecule has 0 aliphatic heterocycles. The van der Waals surface area contributed by atoms with E-state index >= 15 is 0 Å². The molecule has 0 radical (unpaired) electrons. The number of amides is 1. The van der Waals surface area contributed by atoms with Crippen LogP contribution in [0.15, 0.2) is 48.7 Å². The highest BCUT2D eigenvalue weighted by atomic mass is 19.4. The Balaban J connectivity index is 1.97. The number of ether oxygens (including phenoxy) is 1. The fourth-order valence-electron chi connectivity index (χ4n) is 2.63. The summed E-state index contributed by atoms with van der Waals surface area (Å²) in [5.74, 6) is -0.129. The van der Waals surface area contributed by atoms with Gasteiger partial charge in [-0.3, -0.25) is 14.7 Å². The van der Waals surface area contributed by atoms with Crippen LogP contribution in [0.3, 0.4) is 0 Å². The van der Waals surface area contributed by atoms with E-state index in [0.29, 0.717) is 12.1 Å². The summed E-state index contributed by atoms with van der Waals surface area (Å²) in [7, 11) is 3.67. The fourth-order valence-corrected chi connectivity index (χ4v) is 2.63. The monoisotopic (exact) mass is 395 g/mol. The summed E-state index contributed by atoms with van der Waals surface area (Å²) in [6.45, 7) is 0.399. The van der Waals surface area contributed by atoms with Gasteiger partial charge in [-0.05, 0) is 45.1 Å². The van der Waals surface area contributed by atoms with E-state index in [1.54, 1.807) is 13.0 Å². The second-order valence-corrected chi connectivity index (χ2v) is 6.72. The van der Waals surface area contributed by atoms with Crippen LogP contribution in [0.5, 0.6) is 5.75 Å². The Labute approximate surface area is 162 Å². The number of nitrogens with zero attached hydrogens (tertiary/aromatic N) is 2. The van der Waals surface area contributed by atoms with E-state index in [2.05, 4.69) is 15.0 Å². The summed E-state index contributed by atoms with van der Waals surface area (Å²) in [6, 6.07) is 11.9. The molecule has 0 bridgehead atoms. The third-order valence-electron chi connectivity index (χ3n) is 4.16. The van der Waals surface area contributed by atoms with Crippen molar-refractivity contribution in [3.63, 3.8) is 0 Å². The van der Waals surface area contributed by atoms with Gasteiger partial charge in [-0.1, -0.05) is 30.3 Å². The number of pyridine rings is 1. The molecule has 1 aromatic heterocycles. The van der Waals surface area contributed by atoms with E-state index in [4.69, 9.17) is 0 Å². The third kappa shape index (κ3) is 6.84. The average molecular weight is 395 g/mol. The van der Waals surface area contributed by atoms with Crippen molar-refractivity contribution in [3.05, 3.63) is 59.9 Å². The van der Waals surface area contributed by atoms with Crippen LogP contribution >= 0.6 is 0 Å². The van der Waals surface area contributed by atoms with Crippen LogP contribution in [0.2, 0.25) is 0 Å². The van der Waals surface area contributed by atoms with Crippen molar-refractivity contribution < 1.29 is 22.7 Å². The second kappa shape index (κ2) is 9.54. The van der Waals surface area contributed by atoms with Gasteiger partial charge in [0, 0.05) is 0 Å². The second-order valence-electron chi connectivity index (χ2n) is 6.72. The molecule has 1 unspecified atom stereocenters.